The summed E-state index contributed by atoms with van der Waals surface area (Å²) in [6.45, 7) is 10.1. The van der Waals surface area contributed by atoms with Gasteiger partial charge in [-0.05, 0) is 55.3 Å². The summed E-state index contributed by atoms with van der Waals surface area (Å²) in [6.07, 6.45) is 6.50. The fraction of sp³-hybridized carbons (Fsp3) is 0.258. The number of benzene rings is 2. The second-order valence-corrected chi connectivity index (χ2v) is 10.6. The molecule has 1 N–H and O–H groups in total. The quantitative estimate of drug-likeness (QED) is 0.193. The Hall–Kier alpha value is -4.92. The summed E-state index contributed by atoms with van der Waals surface area (Å²) in [6, 6.07) is 13.6. The Kier molecular flexibility index (Phi) is 8.22. The highest BCUT2D eigenvalue weighted by atomic mass is 35.5. The number of hydrogen-bond acceptors (Lipinski definition) is 8. The summed E-state index contributed by atoms with van der Waals surface area (Å²) in [5.74, 6) is 1.53. The van der Waals surface area contributed by atoms with Crippen molar-refractivity contribution < 1.29 is 23.8 Å². The van der Waals surface area contributed by atoms with Gasteiger partial charge in [-0.25, -0.2) is 19.6 Å². The number of piperidine rings is 1. The van der Waals surface area contributed by atoms with Gasteiger partial charge in [0, 0.05) is 30.4 Å². The van der Waals surface area contributed by atoms with Crippen molar-refractivity contribution in [1.29, 1.82) is 0 Å². The van der Waals surface area contributed by atoms with Crippen LogP contribution in [0.1, 0.15) is 40.6 Å². The Bertz CT molecular complexity index is 1790. The number of halogens is 1. The van der Waals surface area contributed by atoms with Crippen LogP contribution < -0.4 is 9.47 Å². The molecule has 1 fully saturated rings. The minimum Gasteiger partial charge on any atom is -0.498 e. The molecule has 0 radical (unpaired) electrons. The topological polar surface area (TPSA) is 120 Å². The maximum Gasteiger partial charge on any atom is 0.335 e. The molecular weight excluding hydrogens is 572 g/mol. The van der Waals surface area contributed by atoms with Crippen molar-refractivity contribution in [3.63, 3.8) is 0 Å². The van der Waals surface area contributed by atoms with Gasteiger partial charge in [0.1, 0.15) is 42.8 Å². The molecule has 0 unspecified atom stereocenters. The van der Waals surface area contributed by atoms with Gasteiger partial charge in [0.05, 0.1) is 41.6 Å². The summed E-state index contributed by atoms with van der Waals surface area (Å²) in [7, 11) is 0. The molecule has 0 amide bonds. The maximum absolute atomic E-state index is 11.6. The molecule has 5 aromatic rings. The number of ether oxygens (including phenoxy) is 2. The highest BCUT2D eigenvalue weighted by Gasteiger charge is 2.24. The lowest BCUT2D eigenvalue weighted by atomic mass is 10.1. The zero-order valence-corrected chi connectivity index (χ0v) is 23.8. The van der Waals surface area contributed by atoms with Crippen LogP contribution in [0.2, 0.25) is 5.02 Å². The van der Waals surface area contributed by atoms with E-state index < -0.39 is 5.97 Å². The lowest BCUT2D eigenvalue weighted by molar-refractivity contribution is 0.0697. The first-order valence-corrected chi connectivity index (χ1v) is 14.1. The second-order valence-electron chi connectivity index (χ2n) is 10.1. The smallest absolute Gasteiger partial charge is 0.335 e. The highest BCUT2D eigenvalue weighted by Crippen LogP contribution is 2.31. The third-order valence-electron chi connectivity index (χ3n) is 7.26. The van der Waals surface area contributed by atoms with Crippen LogP contribution in [0.15, 0.2) is 71.6 Å². The molecule has 2 aromatic carbocycles. The van der Waals surface area contributed by atoms with E-state index in [4.69, 9.17) is 37.0 Å². The van der Waals surface area contributed by atoms with E-state index in [9.17, 15) is 9.90 Å². The fourth-order valence-corrected chi connectivity index (χ4v) is 5.27. The molecule has 0 aliphatic carbocycles. The van der Waals surface area contributed by atoms with Crippen molar-refractivity contribution in [2.75, 3.05) is 13.1 Å². The zero-order chi connectivity index (χ0) is 29.8. The Morgan fingerprint density at radius 3 is 2.72 bits per heavy atom. The zero-order valence-electron chi connectivity index (χ0n) is 23.0. The first-order valence-electron chi connectivity index (χ1n) is 13.7. The van der Waals surface area contributed by atoms with E-state index in [1.807, 2.05) is 16.7 Å². The molecule has 218 valence electrons. The number of carboxylic acids is 1. The fourth-order valence-electron chi connectivity index (χ4n) is 5.11. The van der Waals surface area contributed by atoms with Crippen LogP contribution in [0, 0.1) is 6.57 Å². The number of rotatable bonds is 10. The van der Waals surface area contributed by atoms with E-state index in [0.717, 1.165) is 48.5 Å². The van der Waals surface area contributed by atoms with E-state index in [-0.39, 0.29) is 18.3 Å². The SMILES string of the molecule is [C-]#[N+]c1cc(Cl)ccc1OCc1cc(OC2CCN(Cc3nc4ccc(C(=O)O)cc4n3Cc3ncco3)CC2)ccn1. The third kappa shape index (κ3) is 6.61. The number of pyridine rings is 1. The summed E-state index contributed by atoms with van der Waals surface area (Å²) in [4.78, 5) is 30.8. The predicted molar refractivity (Wildman–Crippen MR) is 158 cm³/mol. The molecule has 0 atom stereocenters. The third-order valence-corrected chi connectivity index (χ3v) is 7.49. The van der Waals surface area contributed by atoms with Gasteiger partial charge in [-0.3, -0.25) is 9.88 Å². The summed E-state index contributed by atoms with van der Waals surface area (Å²) in [5, 5.41) is 9.99. The van der Waals surface area contributed by atoms with Crippen molar-refractivity contribution in [2.24, 2.45) is 0 Å². The number of nitrogens with zero attached hydrogens (tertiary/aromatic N) is 6. The van der Waals surface area contributed by atoms with Crippen LogP contribution in [0.25, 0.3) is 15.9 Å². The molecule has 1 aliphatic heterocycles. The van der Waals surface area contributed by atoms with Crippen LogP contribution in [0.4, 0.5) is 5.69 Å². The van der Waals surface area contributed by atoms with Crippen LogP contribution in [0.5, 0.6) is 11.5 Å². The van der Waals surface area contributed by atoms with Crippen LogP contribution in [-0.4, -0.2) is 54.7 Å². The van der Waals surface area contributed by atoms with E-state index in [1.54, 1.807) is 48.8 Å². The number of imidazole rings is 1. The Morgan fingerprint density at radius 1 is 1.09 bits per heavy atom. The van der Waals surface area contributed by atoms with Gasteiger partial charge in [0.15, 0.2) is 0 Å². The Morgan fingerprint density at radius 2 is 1.95 bits per heavy atom. The number of aromatic carboxylic acids is 1. The van der Waals surface area contributed by atoms with Crippen molar-refractivity contribution >= 4 is 34.3 Å². The Labute approximate surface area is 252 Å². The Balaban J connectivity index is 1.08. The van der Waals surface area contributed by atoms with Crippen molar-refractivity contribution in [1.82, 2.24) is 24.4 Å². The molecule has 1 saturated heterocycles. The van der Waals surface area contributed by atoms with Crippen LogP contribution in [-0.2, 0) is 19.7 Å². The van der Waals surface area contributed by atoms with Gasteiger partial charge < -0.3 is 23.6 Å². The normalized spacial score (nSPS) is 14.0. The molecule has 4 heterocycles. The number of fused-ring (bicyclic) bond motifs is 1. The second kappa shape index (κ2) is 12.5. The predicted octanol–water partition coefficient (Wildman–Crippen LogP) is 5.99. The number of aromatic nitrogens is 4. The van der Waals surface area contributed by atoms with Gasteiger partial charge in [-0.1, -0.05) is 11.6 Å². The number of carbonyl (C=O) groups is 1. The molecule has 0 bridgehead atoms. The van der Waals surface area contributed by atoms with E-state index in [1.165, 1.54) is 6.26 Å². The van der Waals surface area contributed by atoms with E-state index in [0.29, 0.717) is 41.1 Å². The largest absolute Gasteiger partial charge is 0.498 e. The van der Waals surface area contributed by atoms with Gasteiger partial charge in [-0.2, -0.15) is 0 Å². The highest BCUT2D eigenvalue weighted by molar-refractivity contribution is 6.30. The van der Waals surface area contributed by atoms with Gasteiger partial charge >= 0.3 is 5.97 Å². The molecular formula is C31H27ClN6O5. The molecule has 0 saturated carbocycles. The molecule has 3 aromatic heterocycles. The molecule has 43 heavy (non-hydrogen) atoms. The van der Waals surface area contributed by atoms with Crippen LogP contribution in [0.3, 0.4) is 0 Å². The molecule has 1 aliphatic rings. The number of likely N-dealkylation sites (tertiary alicyclic amines) is 1. The van der Waals surface area contributed by atoms with Crippen molar-refractivity contribution in [2.45, 2.75) is 38.6 Å². The van der Waals surface area contributed by atoms with Gasteiger partial charge in [0.2, 0.25) is 11.6 Å². The first-order chi connectivity index (χ1) is 20.9. The van der Waals surface area contributed by atoms with Crippen molar-refractivity contribution in [3.05, 3.63) is 107 Å². The van der Waals surface area contributed by atoms with Crippen LogP contribution >= 0.6 is 11.6 Å². The van der Waals surface area contributed by atoms with E-state index >= 15 is 0 Å². The monoisotopic (exact) mass is 598 g/mol. The average molecular weight is 599 g/mol. The van der Waals surface area contributed by atoms with Gasteiger partial charge in [0.25, 0.3) is 0 Å². The van der Waals surface area contributed by atoms with Gasteiger partial charge in [-0.15, -0.1) is 0 Å². The standard InChI is InChI=1S/C31H27ClN6O5/c1-33-26-15-21(32)3-5-28(26)42-19-22-16-24(6-9-34-22)43-23-7-11-37(12-8-23)17-29-36-25-4-2-20(31(39)40)14-27(25)38(29)18-30-35-10-13-41-30/h2-6,9-10,13-16,23H,7-8,11-12,17-19H2,(H,39,40). The average Bonchev–Trinajstić information content (AvgIpc) is 3.65. The first kappa shape index (κ1) is 28.2. The minimum absolute atomic E-state index is 0.0432. The van der Waals surface area contributed by atoms with Crippen molar-refractivity contribution in [3.8, 4) is 11.5 Å². The lowest BCUT2D eigenvalue weighted by Crippen LogP contribution is -2.38. The number of carboxylic acid groups (broad SMARTS) is 1. The van der Waals surface area contributed by atoms with E-state index in [2.05, 4.69) is 19.7 Å². The maximum atomic E-state index is 11.6. The number of oxazole rings is 1. The number of hydrogen-bond donors (Lipinski definition) is 1. The summed E-state index contributed by atoms with van der Waals surface area (Å²) >= 11 is 5.98. The molecule has 6 rings (SSSR count). The lowest BCUT2D eigenvalue weighted by Gasteiger charge is -2.32. The molecule has 11 nitrogen and oxygen atoms in total. The summed E-state index contributed by atoms with van der Waals surface area (Å²) < 4.78 is 19.6. The molecule has 0 spiro atoms. The molecule has 12 heteroatoms. The minimum atomic E-state index is -0.987. The summed E-state index contributed by atoms with van der Waals surface area (Å²) in [5.41, 5.74) is 2.70.